The molecule has 10 heteroatoms. The summed E-state index contributed by atoms with van der Waals surface area (Å²) < 4.78 is 10.5. The standard InChI is InChI=1S/C18H20N2O2.C14H21NO5.C5H12/c21-18(22-15-10-12-19-13-11-15)20-17-9-5-4-8-16(17)14-6-2-1-3-7-14;1-14(2,3)20-13(19)15-7-12(18)9-4-5-11(17)10(6-9)8-16;1-3-5-4-2/h1-9,15,19H,10-13H2,(H,20,21);4-6,12,16-18H,7-8H2,1-3H3,(H,15,19);3-5H2,1-2H3. The second-order valence-electron chi connectivity index (χ2n) is 12.2. The summed E-state index contributed by atoms with van der Waals surface area (Å²) in [5, 5.41) is 37.0. The number of alkyl carbamates (subject to hydrolysis) is 1. The van der Waals surface area contributed by atoms with E-state index < -0.39 is 17.8 Å². The Kier molecular flexibility index (Phi) is 17.4. The van der Waals surface area contributed by atoms with Crippen molar-refractivity contribution in [1.29, 1.82) is 0 Å². The van der Waals surface area contributed by atoms with Crippen LogP contribution in [0.2, 0.25) is 0 Å². The first kappa shape index (κ1) is 39.1. The number of rotatable bonds is 9. The van der Waals surface area contributed by atoms with Gasteiger partial charge in [0.05, 0.1) is 24.9 Å². The van der Waals surface area contributed by atoms with Crippen LogP contribution in [0.25, 0.3) is 11.1 Å². The Labute approximate surface area is 279 Å². The molecule has 4 rings (SSSR count). The monoisotopic (exact) mass is 651 g/mol. The summed E-state index contributed by atoms with van der Waals surface area (Å²) >= 11 is 0. The predicted octanol–water partition coefficient (Wildman–Crippen LogP) is 7.29. The largest absolute Gasteiger partial charge is 0.508 e. The summed E-state index contributed by atoms with van der Waals surface area (Å²) in [6.07, 6.45) is 3.88. The van der Waals surface area contributed by atoms with Crippen molar-refractivity contribution in [2.24, 2.45) is 0 Å². The molecule has 3 aromatic carbocycles. The van der Waals surface area contributed by atoms with Gasteiger partial charge in [-0.3, -0.25) is 5.32 Å². The van der Waals surface area contributed by atoms with Gasteiger partial charge in [-0.05, 0) is 76.0 Å². The first-order chi connectivity index (χ1) is 22.5. The van der Waals surface area contributed by atoms with E-state index in [1.165, 1.54) is 37.5 Å². The van der Waals surface area contributed by atoms with Crippen LogP contribution in [0, 0.1) is 0 Å². The van der Waals surface area contributed by atoms with Gasteiger partial charge in [-0.25, -0.2) is 9.59 Å². The number of phenols is 1. The second-order valence-corrected chi connectivity index (χ2v) is 12.2. The zero-order chi connectivity index (χ0) is 34.7. The zero-order valence-electron chi connectivity index (χ0n) is 28.4. The summed E-state index contributed by atoms with van der Waals surface area (Å²) in [7, 11) is 0. The summed E-state index contributed by atoms with van der Waals surface area (Å²) in [5.41, 5.74) is 3.04. The number of amides is 2. The lowest BCUT2D eigenvalue weighted by Crippen LogP contribution is -2.34. The third-order valence-corrected chi connectivity index (χ3v) is 7.01. The maximum absolute atomic E-state index is 12.1. The molecule has 0 aromatic heterocycles. The van der Waals surface area contributed by atoms with Crippen molar-refractivity contribution < 1.29 is 34.4 Å². The van der Waals surface area contributed by atoms with Crippen LogP contribution in [0.4, 0.5) is 15.3 Å². The molecule has 10 nitrogen and oxygen atoms in total. The van der Waals surface area contributed by atoms with E-state index in [2.05, 4.69) is 29.8 Å². The van der Waals surface area contributed by atoms with E-state index in [0.29, 0.717) is 11.1 Å². The molecular weight excluding hydrogens is 598 g/mol. The van der Waals surface area contributed by atoms with Gasteiger partial charge in [-0.2, -0.15) is 0 Å². The predicted molar refractivity (Wildman–Crippen MR) is 186 cm³/mol. The highest BCUT2D eigenvalue weighted by Gasteiger charge is 2.19. The lowest BCUT2D eigenvalue weighted by atomic mass is 10.0. The molecule has 1 unspecified atom stereocenters. The van der Waals surface area contributed by atoms with Gasteiger partial charge in [-0.1, -0.05) is 87.7 Å². The second kappa shape index (κ2) is 20.9. The SMILES string of the molecule is CC(C)(C)OC(=O)NCC(O)c1ccc(O)c(CO)c1.CCCCC.O=C(Nc1ccccc1-c1ccccc1)OC1CCNCC1. The number of benzene rings is 3. The van der Waals surface area contributed by atoms with Crippen molar-refractivity contribution in [3.63, 3.8) is 0 Å². The zero-order valence-corrected chi connectivity index (χ0v) is 28.4. The van der Waals surface area contributed by atoms with Crippen LogP contribution in [0.3, 0.4) is 0 Å². The molecule has 0 bridgehead atoms. The normalized spacial score (nSPS) is 13.5. The number of piperidine rings is 1. The number of anilines is 1. The Balaban J connectivity index is 0.000000287. The van der Waals surface area contributed by atoms with E-state index in [1.54, 1.807) is 20.8 Å². The fourth-order valence-electron chi connectivity index (χ4n) is 4.57. The number of hydrogen-bond acceptors (Lipinski definition) is 8. The molecule has 1 fully saturated rings. The van der Waals surface area contributed by atoms with Gasteiger partial charge in [0.1, 0.15) is 17.5 Å². The summed E-state index contributed by atoms with van der Waals surface area (Å²) in [4.78, 5) is 23.6. The Bertz CT molecular complexity index is 1340. The smallest absolute Gasteiger partial charge is 0.411 e. The minimum Gasteiger partial charge on any atom is -0.508 e. The Morgan fingerprint density at radius 1 is 0.936 bits per heavy atom. The minimum atomic E-state index is -0.951. The molecule has 0 saturated carbocycles. The number of aromatic hydroxyl groups is 1. The molecule has 258 valence electrons. The number of hydrogen-bond donors (Lipinski definition) is 6. The van der Waals surface area contributed by atoms with Gasteiger partial charge in [0, 0.05) is 11.1 Å². The van der Waals surface area contributed by atoms with Crippen LogP contribution in [-0.4, -0.2) is 58.8 Å². The molecule has 1 atom stereocenters. The average Bonchev–Trinajstić information content (AvgIpc) is 3.05. The number of carbonyl (C=O) groups excluding carboxylic acids is 2. The molecule has 0 spiro atoms. The Hall–Kier alpha value is -4.12. The van der Waals surface area contributed by atoms with Crippen molar-refractivity contribution in [1.82, 2.24) is 10.6 Å². The maximum atomic E-state index is 12.1. The molecule has 0 radical (unpaired) electrons. The quantitative estimate of drug-likeness (QED) is 0.141. The van der Waals surface area contributed by atoms with Crippen LogP contribution in [-0.2, 0) is 16.1 Å². The van der Waals surface area contributed by atoms with E-state index in [-0.39, 0.29) is 31.1 Å². The van der Waals surface area contributed by atoms with Crippen LogP contribution >= 0.6 is 0 Å². The highest BCUT2D eigenvalue weighted by atomic mass is 16.6. The van der Waals surface area contributed by atoms with Crippen molar-refractivity contribution >= 4 is 17.9 Å². The summed E-state index contributed by atoms with van der Waals surface area (Å²) in [6, 6.07) is 22.2. The molecule has 1 saturated heterocycles. The number of nitrogens with one attached hydrogen (secondary N) is 3. The van der Waals surface area contributed by atoms with Crippen molar-refractivity contribution in [2.45, 2.75) is 91.1 Å². The minimum absolute atomic E-state index is 0.00476. The summed E-state index contributed by atoms with van der Waals surface area (Å²) in [5.74, 6) is -0.0384. The van der Waals surface area contributed by atoms with E-state index >= 15 is 0 Å². The lowest BCUT2D eigenvalue weighted by Gasteiger charge is -2.23. The van der Waals surface area contributed by atoms with E-state index in [0.717, 1.165) is 42.7 Å². The molecule has 3 aromatic rings. The number of para-hydroxylation sites is 1. The van der Waals surface area contributed by atoms with Crippen molar-refractivity contribution in [3.8, 4) is 16.9 Å². The third kappa shape index (κ3) is 15.3. The number of unbranched alkanes of at least 4 members (excludes halogenated alkanes) is 2. The highest BCUT2D eigenvalue weighted by molar-refractivity contribution is 5.91. The van der Waals surface area contributed by atoms with Crippen LogP contribution in [0.5, 0.6) is 5.75 Å². The van der Waals surface area contributed by atoms with Crippen LogP contribution in [0.1, 0.15) is 84.0 Å². The number of ether oxygens (including phenoxy) is 2. The van der Waals surface area contributed by atoms with E-state index in [1.807, 2.05) is 54.6 Å². The average molecular weight is 652 g/mol. The third-order valence-electron chi connectivity index (χ3n) is 7.01. The Morgan fingerprint density at radius 3 is 2.17 bits per heavy atom. The molecule has 1 aliphatic rings. The highest BCUT2D eigenvalue weighted by Crippen LogP contribution is 2.28. The molecule has 2 amide bonds. The first-order valence-corrected chi connectivity index (χ1v) is 16.4. The molecule has 6 N–H and O–H groups in total. The van der Waals surface area contributed by atoms with Gasteiger partial charge >= 0.3 is 12.2 Å². The molecule has 1 aliphatic heterocycles. The fraction of sp³-hybridized carbons (Fsp3) is 0.459. The fourth-order valence-corrected chi connectivity index (χ4v) is 4.57. The van der Waals surface area contributed by atoms with E-state index in [4.69, 9.17) is 14.6 Å². The van der Waals surface area contributed by atoms with Crippen LogP contribution < -0.4 is 16.0 Å². The lowest BCUT2D eigenvalue weighted by molar-refractivity contribution is 0.0491. The Morgan fingerprint density at radius 2 is 1.57 bits per heavy atom. The van der Waals surface area contributed by atoms with Gasteiger partial charge in [0.15, 0.2) is 0 Å². The molecule has 0 aliphatic carbocycles. The maximum Gasteiger partial charge on any atom is 0.411 e. The first-order valence-electron chi connectivity index (χ1n) is 16.4. The van der Waals surface area contributed by atoms with Gasteiger partial charge < -0.3 is 35.4 Å². The van der Waals surface area contributed by atoms with Gasteiger partial charge in [0.25, 0.3) is 0 Å². The van der Waals surface area contributed by atoms with Crippen molar-refractivity contribution in [3.05, 3.63) is 83.9 Å². The van der Waals surface area contributed by atoms with Gasteiger partial charge in [-0.15, -0.1) is 0 Å². The number of aliphatic hydroxyl groups excluding tert-OH is 2. The topological polar surface area (TPSA) is 149 Å². The van der Waals surface area contributed by atoms with Gasteiger partial charge in [0.2, 0.25) is 0 Å². The summed E-state index contributed by atoms with van der Waals surface area (Å²) in [6.45, 7) is 11.1. The van der Waals surface area contributed by atoms with Crippen LogP contribution in [0.15, 0.2) is 72.8 Å². The van der Waals surface area contributed by atoms with Crippen molar-refractivity contribution in [2.75, 3.05) is 25.0 Å². The number of carbonyl (C=O) groups is 2. The molecule has 1 heterocycles. The number of aliphatic hydroxyl groups is 2. The molecule has 47 heavy (non-hydrogen) atoms. The molecular formula is C37H53N3O7. The van der Waals surface area contributed by atoms with E-state index in [9.17, 15) is 19.8 Å².